The van der Waals surface area contributed by atoms with Gasteiger partial charge in [-0.2, -0.15) is 0 Å². The highest BCUT2D eigenvalue weighted by Gasteiger charge is 2.05. The van der Waals surface area contributed by atoms with Crippen molar-refractivity contribution >= 4 is 16.9 Å². The summed E-state index contributed by atoms with van der Waals surface area (Å²) in [5.74, 6) is -0.216. The van der Waals surface area contributed by atoms with Gasteiger partial charge in [0.25, 0.3) is 0 Å². The predicted octanol–water partition coefficient (Wildman–Crippen LogP) is 1.60. The SMILES string of the molecule is CCOC(=O)Cn1ccc2cnccc21. The lowest BCUT2D eigenvalue weighted by atomic mass is 10.3. The fourth-order valence-electron chi connectivity index (χ4n) is 1.52. The van der Waals surface area contributed by atoms with Crippen LogP contribution >= 0.6 is 0 Å². The van der Waals surface area contributed by atoms with Crippen molar-refractivity contribution in [2.45, 2.75) is 13.5 Å². The van der Waals surface area contributed by atoms with Gasteiger partial charge in [-0.15, -0.1) is 0 Å². The number of esters is 1. The van der Waals surface area contributed by atoms with Crippen molar-refractivity contribution in [2.24, 2.45) is 0 Å². The maximum Gasteiger partial charge on any atom is 0.325 e. The maximum atomic E-state index is 11.3. The van der Waals surface area contributed by atoms with Gasteiger partial charge in [0.2, 0.25) is 0 Å². The van der Waals surface area contributed by atoms with Gasteiger partial charge in [-0.05, 0) is 19.1 Å². The van der Waals surface area contributed by atoms with Gasteiger partial charge >= 0.3 is 5.97 Å². The van der Waals surface area contributed by atoms with Crippen LogP contribution in [0.4, 0.5) is 0 Å². The minimum absolute atomic E-state index is 0.216. The standard InChI is InChI=1S/C11H12N2O2/c1-2-15-11(14)8-13-6-4-9-7-12-5-3-10(9)13/h3-7H,2,8H2,1H3. The summed E-state index contributed by atoms with van der Waals surface area (Å²) in [6.07, 6.45) is 5.35. The topological polar surface area (TPSA) is 44.1 Å². The predicted molar refractivity (Wildman–Crippen MR) is 56.4 cm³/mol. The van der Waals surface area contributed by atoms with Gasteiger partial charge in [0.05, 0.1) is 12.1 Å². The molecule has 2 aromatic heterocycles. The van der Waals surface area contributed by atoms with Crippen LogP contribution < -0.4 is 0 Å². The highest BCUT2D eigenvalue weighted by Crippen LogP contribution is 2.13. The fraction of sp³-hybridized carbons (Fsp3) is 0.273. The van der Waals surface area contributed by atoms with E-state index >= 15 is 0 Å². The lowest BCUT2D eigenvalue weighted by molar-refractivity contribution is -0.143. The van der Waals surface area contributed by atoms with Crippen LogP contribution in [0.3, 0.4) is 0 Å². The van der Waals surface area contributed by atoms with E-state index in [1.807, 2.05) is 22.9 Å². The molecule has 0 N–H and O–H groups in total. The quantitative estimate of drug-likeness (QED) is 0.713. The molecule has 0 amide bonds. The molecule has 2 rings (SSSR count). The van der Waals surface area contributed by atoms with Crippen LogP contribution in [0.15, 0.2) is 30.7 Å². The molecule has 2 aromatic rings. The van der Waals surface area contributed by atoms with Crippen molar-refractivity contribution in [2.75, 3.05) is 6.61 Å². The number of nitrogens with zero attached hydrogens (tertiary/aromatic N) is 2. The van der Waals surface area contributed by atoms with Crippen molar-refractivity contribution in [3.8, 4) is 0 Å². The smallest absolute Gasteiger partial charge is 0.325 e. The second kappa shape index (κ2) is 4.13. The van der Waals surface area contributed by atoms with Crippen molar-refractivity contribution < 1.29 is 9.53 Å². The number of hydrogen-bond acceptors (Lipinski definition) is 3. The van der Waals surface area contributed by atoms with E-state index in [1.54, 1.807) is 19.3 Å². The van der Waals surface area contributed by atoms with Crippen molar-refractivity contribution in [1.29, 1.82) is 0 Å². The molecule has 0 aromatic carbocycles. The number of pyridine rings is 1. The molecule has 2 heterocycles. The molecule has 0 fully saturated rings. The zero-order valence-electron chi connectivity index (χ0n) is 8.51. The van der Waals surface area contributed by atoms with Gasteiger partial charge in [0.15, 0.2) is 0 Å². The third-order valence-electron chi connectivity index (χ3n) is 2.18. The lowest BCUT2D eigenvalue weighted by Crippen LogP contribution is -2.12. The highest BCUT2D eigenvalue weighted by atomic mass is 16.5. The molecule has 0 saturated heterocycles. The summed E-state index contributed by atoms with van der Waals surface area (Å²) in [7, 11) is 0. The fourth-order valence-corrected chi connectivity index (χ4v) is 1.52. The number of fused-ring (bicyclic) bond motifs is 1. The van der Waals surface area contributed by atoms with Crippen LogP contribution in [0.25, 0.3) is 10.9 Å². The van der Waals surface area contributed by atoms with Crippen LogP contribution in [-0.4, -0.2) is 22.1 Å². The Morgan fingerprint density at radius 1 is 1.53 bits per heavy atom. The Bertz CT molecular complexity index is 476. The van der Waals surface area contributed by atoms with Gasteiger partial charge in [-0.1, -0.05) is 0 Å². The summed E-state index contributed by atoms with van der Waals surface area (Å²) in [5.41, 5.74) is 0.998. The number of ether oxygens (including phenoxy) is 1. The molecule has 0 atom stereocenters. The maximum absolute atomic E-state index is 11.3. The van der Waals surface area contributed by atoms with Gasteiger partial charge in [-0.3, -0.25) is 9.78 Å². The molecule has 0 aliphatic heterocycles. The van der Waals surface area contributed by atoms with Gasteiger partial charge in [0.1, 0.15) is 6.54 Å². The number of carbonyl (C=O) groups excluding carboxylic acids is 1. The van der Waals surface area contributed by atoms with Crippen molar-refractivity contribution in [1.82, 2.24) is 9.55 Å². The average Bonchev–Trinajstić information content (AvgIpc) is 2.62. The average molecular weight is 204 g/mol. The Labute approximate surface area is 87.5 Å². The Hall–Kier alpha value is -1.84. The molecule has 4 nitrogen and oxygen atoms in total. The van der Waals surface area contributed by atoms with Crippen LogP contribution in [0.1, 0.15) is 6.92 Å². The second-order valence-electron chi connectivity index (χ2n) is 3.18. The molecule has 0 aliphatic carbocycles. The van der Waals surface area contributed by atoms with E-state index in [0.29, 0.717) is 6.61 Å². The van der Waals surface area contributed by atoms with E-state index in [0.717, 1.165) is 10.9 Å². The van der Waals surface area contributed by atoms with Crippen molar-refractivity contribution in [3.05, 3.63) is 30.7 Å². The van der Waals surface area contributed by atoms with E-state index in [4.69, 9.17) is 4.74 Å². The van der Waals surface area contributed by atoms with E-state index < -0.39 is 0 Å². The Morgan fingerprint density at radius 2 is 2.40 bits per heavy atom. The van der Waals surface area contributed by atoms with Crippen LogP contribution in [-0.2, 0) is 16.1 Å². The minimum Gasteiger partial charge on any atom is -0.465 e. The molecule has 0 unspecified atom stereocenters. The lowest BCUT2D eigenvalue weighted by Gasteiger charge is -2.04. The summed E-state index contributed by atoms with van der Waals surface area (Å²) in [6.45, 7) is 2.47. The van der Waals surface area contributed by atoms with E-state index in [1.165, 1.54) is 0 Å². The van der Waals surface area contributed by atoms with Crippen molar-refractivity contribution in [3.63, 3.8) is 0 Å². The Balaban J connectivity index is 2.25. The largest absolute Gasteiger partial charge is 0.465 e. The Morgan fingerprint density at radius 3 is 3.20 bits per heavy atom. The normalized spacial score (nSPS) is 10.5. The molecular formula is C11H12N2O2. The molecule has 78 valence electrons. The summed E-state index contributed by atoms with van der Waals surface area (Å²) in [6, 6.07) is 3.82. The molecule has 0 saturated carbocycles. The van der Waals surface area contributed by atoms with Crippen LogP contribution in [0.2, 0.25) is 0 Å². The highest BCUT2D eigenvalue weighted by molar-refractivity contribution is 5.81. The van der Waals surface area contributed by atoms with Gasteiger partial charge < -0.3 is 9.30 Å². The molecule has 0 radical (unpaired) electrons. The van der Waals surface area contributed by atoms with Crippen LogP contribution in [0, 0.1) is 0 Å². The number of hydrogen-bond donors (Lipinski definition) is 0. The summed E-state index contributed by atoms with van der Waals surface area (Å²) in [5, 5.41) is 1.03. The first-order valence-electron chi connectivity index (χ1n) is 4.85. The molecule has 0 aliphatic rings. The number of aromatic nitrogens is 2. The van der Waals surface area contributed by atoms with E-state index in [9.17, 15) is 4.79 Å². The monoisotopic (exact) mass is 204 g/mol. The first-order valence-corrected chi connectivity index (χ1v) is 4.85. The zero-order chi connectivity index (χ0) is 10.7. The van der Waals surface area contributed by atoms with E-state index in [-0.39, 0.29) is 12.5 Å². The third-order valence-corrected chi connectivity index (χ3v) is 2.18. The summed E-state index contributed by atoms with van der Waals surface area (Å²) in [4.78, 5) is 15.3. The first-order chi connectivity index (χ1) is 7.31. The third kappa shape index (κ3) is 1.98. The summed E-state index contributed by atoms with van der Waals surface area (Å²) < 4.78 is 6.74. The number of carbonyl (C=O) groups is 1. The van der Waals surface area contributed by atoms with Crippen LogP contribution in [0.5, 0.6) is 0 Å². The molecule has 0 spiro atoms. The van der Waals surface area contributed by atoms with Gasteiger partial charge in [0, 0.05) is 24.0 Å². The number of rotatable bonds is 3. The van der Waals surface area contributed by atoms with Gasteiger partial charge in [-0.25, -0.2) is 0 Å². The van der Waals surface area contributed by atoms with E-state index in [2.05, 4.69) is 4.98 Å². The molecular weight excluding hydrogens is 192 g/mol. The molecule has 15 heavy (non-hydrogen) atoms. The zero-order valence-corrected chi connectivity index (χ0v) is 8.51. The molecule has 4 heteroatoms. The Kier molecular flexibility index (Phi) is 2.67. The minimum atomic E-state index is -0.216. The molecule has 0 bridgehead atoms. The summed E-state index contributed by atoms with van der Waals surface area (Å²) >= 11 is 0. The second-order valence-corrected chi connectivity index (χ2v) is 3.18. The first kappa shape index (κ1) is 9.71.